The number of rotatable bonds is 1. The first-order valence-corrected chi connectivity index (χ1v) is 3.27. The van der Waals surface area contributed by atoms with Gasteiger partial charge in [0.2, 0.25) is 0 Å². The van der Waals surface area contributed by atoms with Gasteiger partial charge in [0.25, 0.3) is 0 Å². The summed E-state index contributed by atoms with van der Waals surface area (Å²) in [5.74, 6) is 0.741. The Balaban J connectivity index is 2.53. The van der Waals surface area contributed by atoms with Crippen LogP contribution in [0.5, 0.6) is 0 Å². The molecule has 0 atom stereocenters. The first kappa shape index (κ1) is 6.15. The molecule has 0 N–H and O–H groups in total. The van der Waals surface area contributed by atoms with E-state index in [1.807, 2.05) is 13.1 Å². The molecule has 0 bridgehead atoms. The average Bonchev–Trinajstić information content (AvgIpc) is 2.55. The highest BCUT2D eigenvalue weighted by Crippen LogP contribution is 2.15. The van der Waals surface area contributed by atoms with Crippen LogP contribution in [0, 0.1) is 0 Å². The van der Waals surface area contributed by atoms with Gasteiger partial charge in [-0.25, -0.2) is 0 Å². The predicted molar refractivity (Wildman–Crippen MR) is 38.7 cm³/mol. The minimum absolute atomic E-state index is 0.741. The van der Waals surface area contributed by atoms with Crippen LogP contribution in [0.1, 0.15) is 0 Å². The van der Waals surface area contributed by atoms with Crippen LogP contribution in [0.15, 0.2) is 29.0 Å². The minimum Gasteiger partial charge on any atom is -0.355 e. The molecule has 11 heavy (non-hydrogen) atoms. The first-order chi connectivity index (χ1) is 5.38. The van der Waals surface area contributed by atoms with Gasteiger partial charge in [0, 0.05) is 19.3 Å². The molecule has 2 heterocycles. The molecule has 0 amide bonds. The molecule has 0 spiro atoms. The Bertz CT molecular complexity index is 336. The fourth-order valence-electron chi connectivity index (χ4n) is 0.964. The van der Waals surface area contributed by atoms with E-state index in [2.05, 4.69) is 10.3 Å². The average molecular weight is 149 g/mol. The SMILES string of the molecule is Cn1nccc1-c1ccno1. The van der Waals surface area contributed by atoms with Crippen LogP contribution in [0.25, 0.3) is 11.5 Å². The maximum Gasteiger partial charge on any atom is 0.184 e. The van der Waals surface area contributed by atoms with Gasteiger partial charge < -0.3 is 4.52 Å². The number of aryl methyl sites for hydroxylation is 1. The summed E-state index contributed by atoms with van der Waals surface area (Å²) in [6.07, 6.45) is 3.33. The second kappa shape index (κ2) is 2.23. The molecule has 0 fully saturated rings. The maximum absolute atomic E-state index is 4.95. The van der Waals surface area contributed by atoms with Gasteiger partial charge in [-0.1, -0.05) is 5.16 Å². The summed E-state index contributed by atoms with van der Waals surface area (Å²) in [4.78, 5) is 0. The molecule has 0 radical (unpaired) electrons. The molecule has 0 saturated heterocycles. The fraction of sp³-hybridized carbons (Fsp3) is 0.143. The standard InChI is InChI=1S/C7H7N3O/c1-10-6(2-4-8-10)7-3-5-9-11-7/h2-5H,1H3. The normalized spacial score (nSPS) is 10.3. The Morgan fingerprint density at radius 1 is 1.36 bits per heavy atom. The van der Waals surface area contributed by atoms with Gasteiger partial charge in [-0.2, -0.15) is 5.10 Å². The van der Waals surface area contributed by atoms with Crippen molar-refractivity contribution in [2.24, 2.45) is 7.05 Å². The van der Waals surface area contributed by atoms with Crippen LogP contribution in [0.3, 0.4) is 0 Å². The van der Waals surface area contributed by atoms with Gasteiger partial charge in [-0.3, -0.25) is 4.68 Å². The Morgan fingerprint density at radius 3 is 2.82 bits per heavy atom. The second-order valence-corrected chi connectivity index (χ2v) is 2.22. The van der Waals surface area contributed by atoms with E-state index in [9.17, 15) is 0 Å². The molecule has 4 nitrogen and oxygen atoms in total. The number of hydrogen-bond acceptors (Lipinski definition) is 3. The van der Waals surface area contributed by atoms with E-state index in [-0.39, 0.29) is 0 Å². The van der Waals surface area contributed by atoms with Gasteiger partial charge in [0.15, 0.2) is 5.76 Å². The molecule has 0 aliphatic heterocycles. The van der Waals surface area contributed by atoms with Crippen molar-refractivity contribution in [3.8, 4) is 11.5 Å². The third-order valence-corrected chi connectivity index (χ3v) is 1.51. The lowest BCUT2D eigenvalue weighted by Gasteiger charge is -1.93. The largest absolute Gasteiger partial charge is 0.355 e. The Hall–Kier alpha value is -1.58. The highest BCUT2D eigenvalue weighted by atomic mass is 16.5. The van der Waals surface area contributed by atoms with Crippen molar-refractivity contribution in [2.45, 2.75) is 0 Å². The van der Waals surface area contributed by atoms with Crippen molar-refractivity contribution in [3.05, 3.63) is 24.5 Å². The molecule has 2 aromatic heterocycles. The molecule has 2 aromatic rings. The molecule has 0 aromatic carbocycles. The van der Waals surface area contributed by atoms with Crippen LogP contribution in [-0.4, -0.2) is 14.9 Å². The van der Waals surface area contributed by atoms with E-state index in [1.165, 1.54) is 0 Å². The molecule has 0 aliphatic rings. The molecule has 0 unspecified atom stereocenters. The molecule has 4 heteroatoms. The van der Waals surface area contributed by atoms with Crippen molar-refractivity contribution < 1.29 is 4.52 Å². The highest BCUT2D eigenvalue weighted by molar-refractivity contribution is 5.50. The summed E-state index contributed by atoms with van der Waals surface area (Å²) in [7, 11) is 1.86. The van der Waals surface area contributed by atoms with Crippen molar-refractivity contribution in [2.75, 3.05) is 0 Å². The van der Waals surface area contributed by atoms with E-state index in [0.717, 1.165) is 11.5 Å². The summed E-state index contributed by atoms with van der Waals surface area (Å²) in [6.45, 7) is 0. The number of hydrogen-bond donors (Lipinski definition) is 0. The fourth-order valence-corrected chi connectivity index (χ4v) is 0.964. The van der Waals surface area contributed by atoms with Crippen LogP contribution < -0.4 is 0 Å². The Labute approximate surface area is 63.4 Å². The number of nitrogens with zero attached hydrogens (tertiary/aromatic N) is 3. The Kier molecular flexibility index (Phi) is 1.25. The third kappa shape index (κ3) is 0.920. The van der Waals surface area contributed by atoms with Gasteiger partial charge in [-0.05, 0) is 6.07 Å². The van der Waals surface area contributed by atoms with Crippen molar-refractivity contribution in [3.63, 3.8) is 0 Å². The van der Waals surface area contributed by atoms with E-state index < -0.39 is 0 Å². The molecule has 56 valence electrons. The molecule has 0 aliphatic carbocycles. The lowest BCUT2D eigenvalue weighted by molar-refractivity contribution is 0.429. The minimum atomic E-state index is 0.741. The van der Waals surface area contributed by atoms with Crippen LogP contribution in [-0.2, 0) is 7.05 Å². The highest BCUT2D eigenvalue weighted by Gasteiger charge is 2.04. The third-order valence-electron chi connectivity index (χ3n) is 1.51. The van der Waals surface area contributed by atoms with Crippen LogP contribution in [0.4, 0.5) is 0 Å². The van der Waals surface area contributed by atoms with E-state index in [0.29, 0.717) is 0 Å². The van der Waals surface area contributed by atoms with Gasteiger partial charge >= 0.3 is 0 Å². The van der Waals surface area contributed by atoms with Crippen molar-refractivity contribution >= 4 is 0 Å². The zero-order valence-electron chi connectivity index (χ0n) is 6.06. The summed E-state index contributed by atoms with van der Waals surface area (Å²) >= 11 is 0. The quantitative estimate of drug-likeness (QED) is 0.609. The zero-order chi connectivity index (χ0) is 7.68. The lowest BCUT2D eigenvalue weighted by atomic mass is 10.3. The van der Waals surface area contributed by atoms with E-state index in [4.69, 9.17) is 4.52 Å². The Morgan fingerprint density at radius 2 is 2.27 bits per heavy atom. The van der Waals surface area contributed by atoms with Gasteiger partial charge in [0.1, 0.15) is 5.69 Å². The first-order valence-electron chi connectivity index (χ1n) is 3.27. The zero-order valence-corrected chi connectivity index (χ0v) is 6.06. The monoisotopic (exact) mass is 149 g/mol. The van der Waals surface area contributed by atoms with Gasteiger partial charge in [0.05, 0.1) is 6.20 Å². The van der Waals surface area contributed by atoms with E-state index in [1.54, 1.807) is 23.1 Å². The molecule has 0 saturated carbocycles. The van der Waals surface area contributed by atoms with Crippen LogP contribution >= 0.6 is 0 Å². The number of aromatic nitrogens is 3. The van der Waals surface area contributed by atoms with Gasteiger partial charge in [-0.15, -0.1) is 0 Å². The predicted octanol–water partition coefficient (Wildman–Crippen LogP) is 1.08. The van der Waals surface area contributed by atoms with Crippen molar-refractivity contribution in [1.29, 1.82) is 0 Å². The molecular weight excluding hydrogens is 142 g/mol. The lowest BCUT2D eigenvalue weighted by Crippen LogP contribution is -1.91. The summed E-state index contributed by atoms with van der Waals surface area (Å²) in [6, 6.07) is 3.68. The summed E-state index contributed by atoms with van der Waals surface area (Å²) in [5.41, 5.74) is 0.933. The topological polar surface area (TPSA) is 43.9 Å². The second-order valence-electron chi connectivity index (χ2n) is 2.22. The molecular formula is C7H7N3O. The smallest absolute Gasteiger partial charge is 0.184 e. The maximum atomic E-state index is 4.95. The summed E-state index contributed by atoms with van der Waals surface area (Å²) < 4.78 is 6.68. The van der Waals surface area contributed by atoms with Crippen molar-refractivity contribution in [1.82, 2.24) is 14.9 Å². The van der Waals surface area contributed by atoms with Crippen LogP contribution in [0.2, 0.25) is 0 Å². The summed E-state index contributed by atoms with van der Waals surface area (Å²) in [5, 5.41) is 7.60. The molecule has 2 rings (SSSR count). The van der Waals surface area contributed by atoms with E-state index >= 15 is 0 Å².